The van der Waals surface area contributed by atoms with Crippen molar-refractivity contribution in [1.82, 2.24) is 19.6 Å². The van der Waals surface area contributed by atoms with Gasteiger partial charge < -0.3 is 19.8 Å². The van der Waals surface area contributed by atoms with Crippen LogP contribution in [0.1, 0.15) is 115 Å². The van der Waals surface area contributed by atoms with Crippen LogP contribution >= 0.6 is 21.6 Å². The molecule has 15 aliphatic rings. The third-order valence-electron chi connectivity index (χ3n) is 11.5. The average molecular weight is 833 g/mol. The average Bonchev–Trinajstić information content (AvgIpc) is 3.21. The van der Waals surface area contributed by atoms with Gasteiger partial charge in [-0.3, -0.25) is 58.0 Å². The Balaban J connectivity index is 1.07. The van der Waals surface area contributed by atoms with Crippen molar-refractivity contribution in [3.8, 4) is 0 Å². The molecule has 19 rings (SSSR count). The number of benzene rings is 4. The third kappa shape index (κ3) is 5.60. The molecule has 0 radical (unpaired) electrons. The molecule has 15 aliphatic heterocycles. The van der Waals surface area contributed by atoms with Crippen LogP contribution in [-0.4, -0.2) is 115 Å². The van der Waals surface area contributed by atoms with Gasteiger partial charge in [-0.15, -0.1) is 0 Å². The van der Waals surface area contributed by atoms with Gasteiger partial charge in [-0.05, 0) is 61.4 Å². The quantitative estimate of drug-likeness (QED) is 0.207. The van der Waals surface area contributed by atoms with Crippen molar-refractivity contribution in [1.29, 1.82) is 0 Å². The molecule has 0 saturated carbocycles. The molecule has 0 N–H and O–H groups in total. The number of carboxylic acid groups (broad SMARTS) is 2. The van der Waals surface area contributed by atoms with Crippen LogP contribution in [0.4, 0.5) is 0 Å². The Labute approximate surface area is 340 Å². The van der Waals surface area contributed by atoms with E-state index in [-0.39, 0.29) is 79.1 Å². The topological polar surface area (TPSA) is 230 Å². The molecular formula is C41H28N4O12S2-2. The van der Waals surface area contributed by atoms with Crippen LogP contribution in [0.25, 0.3) is 21.5 Å². The highest BCUT2D eigenvalue weighted by atomic mass is 33.1. The number of carbonyl (C=O) groups is 10. The van der Waals surface area contributed by atoms with Crippen molar-refractivity contribution in [2.45, 2.75) is 44.2 Å². The number of carboxylic acids is 2. The number of carbonyl (C=O) groups excluding carboxylic acids is 10. The lowest BCUT2D eigenvalue weighted by Crippen LogP contribution is -2.56. The van der Waals surface area contributed by atoms with Crippen LogP contribution in [0.15, 0.2) is 48.5 Å². The normalized spacial score (nSPS) is 21.2. The Morgan fingerprint density at radius 3 is 0.898 bits per heavy atom. The molecule has 0 fully saturated rings. The molecular weight excluding hydrogens is 805 g/mol. The van der Waals surface area contributed by atoms with E-state index in [1.807, 2.05) is 0 Å². The molecule has 2 atom stereocenters. The zero-order valence-electron chi connectivity index (χ0n) is 30.6. The van der Waals surface area contributed by atoms with Gasteiger partial charge in [0.1, 0.15) is 0 Å². The summed E-state index contributed by atoms with van der Waals surface area (Å²) in [4.78, 5) is 139. The fourth-order valence-corrected chi connectivity index (χ4v) is 11.0. The number of aliphatic carboxylic acids is 2. The van der Waals surface area contributed by atoms with Gasteiger partial charge in [0, 0.05) is 90.6 Å². The van der Waals surface area contributed by atoms with Crippen LogP contribution in [0.3, 0.4) is 0 Å². The SMILES string of the molecule is O=C([O-])[C@@H]1CSSC[C@@H](C(=O)[O-])N2C(=O)c3ccc4c5c(ccc(c35)C2=O)C(=O)N(CCCCCCCN2C(=O)c3ccc5c6c(ccc(c36)C2=O)C(=O)N1C5=O)C4=O. The summed E-state index contributed by atoms with van der Waals surface area (Å²) in [7, 11) is 1.47. The number of hydrogen-bond acceptors (Lipinski definition) is 14. The zero-order chi connectivity index (χ0) is 41.6. The lowest BCUT2D eigenvalue weighted by Gasteiger charge is -2.36. The van der Waals surface area contributed by atoms with E-state index in [2.05, 4.69) is 0 Å². The first-order valence-corrected chi connectivity index (χ1v) is 21.2. The Bertz CT molecular complexity index is 2410. The molecule has 298 valence electrons. The van der Waals surface area contributed by atoms with Gasteiger partial charge in [0.25, 0.3) is 47.3 Å². The number of amides is 8. The molecule has 16 bridgehead atoms. The van der Waals surface area contributed by atoms with E-state index in [1.54, 1.807) is 0 Å². The molecule has 4 aromatic carbocycles. The van der Waals surface area contributed by atoms with Gasteiger partial charge in [-0.2, -0.15) is 0 Å². The standard InChI is InChI=1S/C41H30N4O12S2/c46-32-18-6-10-22-30-23-11-7-19(28(18)30)33(47)42(32)14-4-2-1-3-5-15-43-34(48)20-8-12-24-31-25(13-9-21(29(20)31)35(43)49)39(53)45(38(24)52)27(41(56)57)17-59-58-16-26(40(54)55)44(36(22)50)37(23)51/h6-13,26-27H,1-5,14-17H2,(H,54,55)(H,56,57)/p-2/t26-,27-/m0/s1. The number of hydrogen-bond donors (Lipinski definition) is 0. The predicted octanol–water partition coefficient (Wildman–Crippen LogP) is 1.66. The van der Waals surface area contributed by atoms with Gasteiger partial charge in [-0.1, -0.05) is 40.9 Å². The molecule has 0 saturated heterocycles. The highest BCUT2D eigenvalue weighted by Gasteiger charge is 2.44. The molecule has 59 heavy (non-hydrogen) atoms. The van der Waals surface area contributed by atoms with E-state index in [9.17, 15) is 58.2 Å². The lowest BCUT2D eigenvalue weighted by molar-refractivity contribution is -0.310. The maximum atomic E-state index is 13.9. The van der Waals surface area contributed by atoms with E-state index >= 15 is 0 Å². The van der Waals surface area contributed by atoms with Crippen molar-refractivity contribution in [3.05, 3.63) is 93.0 Å². The Morgan fingerprint density at radius 1 is 0.407 bits per heavy atom. The monoisotopic (exact) mass is 832 g/mol. The summed E-state index contributed by atoms with van der Waals surface area (Å²) in [6.07, 6.45) is 2.72. The Kier molecular flexibility index (Phi) is 9.15. The van der Waals surface area contributed by atoms with E-state index in [1.165, 1.54) is 48.5 Å². The first-order chi connectivity index (χ1) is 28.3. The maximum Gasteiger partial charge on any atom is 0.262 e. The van der Waals surface area contributed by atoms with E-state index in [0.717, 1.165) is 31.4 Å². The molecule has 0 spiro atoms. The second-order valence-electron chi connectivity index (χ2n) is 14.6. The number of rotatable bonds is 2. The predicted molar refractivity (Wildman–Crippen MR) is 205 cm³/mol. The summed E-state index contributed by atoms with van der Waals surface area (Å²) in [5, 5.41) is 25.4. The number of nitrogens with zero attached hydrogens (tertiary/aromatic N) is 4. The van der Waals surface area contributed by atoms with Crippen LogP contribution in [0.5, 0.6) is 0 Å². The summed E-state index contributed by atoms with van der Waals surface area (Å²) in [5.74, 6) is -11.1. The molecule has 16 nitrogen and oxygen atoms in total. The minimum atomic E-state index is -1.88. The van der Waals surface area contributed by atoms with Gasteiger partial charge in [0.2, 0.25) is 0 Å². The van der Waals surface area contributed by atoms with Gasteiger partial charge in [0.05, 0.1) is 24.0 Å². The van der Waals surface area contributed by atoms with Gasteiger partial charge in [0.15, 0.2) is 0 Å². The first kappa shape index (κ1) is 38.1. The summed E-state index contributed by atoms with van der Waals surface area (Å²) < 4.78 is 0. The maximum absolute atomic E-state index is 13.9. The zero-order valence-corrected chi connectivity index (χ0v) is 32.3. The second kappa shape index (κ2) is 14.2. The molecule has 0 unspecified atom stereocenters. The number of imide groups is 4. The molecule has 15 heterocycles. The summed E-state index contributed by atoms with van der Waals surface area (Å²) in [5.41, 5.74) is -0.0513. The van der Waals surface area contributed by atoms with Crippen molar-refractivity contribution in [3.63, 3.8) is 0 Å². The molecule has 4 aromatic rings. The van der Waals surface area contributed by atoms with E-state index in [0.29, 0.717) is 41.9 Å². The van der Waals surface area contributed by atoms with Crippen LogP contribution in [0.2, 0.25) is 0 Å². The van der Waals surface area contributed by atoms with Gasteiger partial charge in [-0.25, -0.2) is 0 Å². The third-order valence-corrected chi connectivity index (χ3v) is 13.9. The largest absolute Gasteiger partial charge is 0.548 e. The second-order valence-corrected chi connectivity index (χ2v) is 17.2. The highest BCUT2D eigenvalue weighted by molar-refractivity contribution is 8.76. The fraction of sp³-hybridized carbons (Fsp3) is 0.268. The van der Waals surface area contributed by atoms with E-state index < -0.39 is 82.8 Å². The first-order valence-electron chi connectivity index (χ1n) is 18.7. The minimum absolute atomic E-state index is 0.0443. The summed E-state index contributed by atoms with van der Waals surface area (Å²) >= 11 is 0. The summed E-state index contributed by atoms with van der Waals surface area (Å²) in [6.45, 7) is 0.161. The van der Waals surface area contributed by atoms with Crippen molar-refractivity contribution in [2.24, 2.45) is 0 Å². The van der Waals surface area contributed by atoms with Crippen molar-refractivity contribution < 1.29 is 58.2 Å². The molecule has 18 heteroatoms. The molecule has 8 amide bonds. The van der Waals surface area contributed by atoms with Crippen molar-refractivity contribution in [2.75, 3.05) is 24.6 Å². The van der Waals surface area contributed by atoms with E-state index in [4.69, 9.17) is 0 Å². The van der Waals surface area contributed by atoms with Crippen LogP contribution in [0, 0.1) is 0 Å². The lowest BCUT2D eigenvalue weighted by atomic mass is 9.85. The molecule has 0 aliphatic carbocycles. The fourth-order valence-electron chi connectivity index (χ4n) is 8.65. The Hall–Kier alpha value is -6.40. The smallest absolute Gasteiger partial charge is 0.262 e. The van der Waals surface area contributed by atoms with Crippen LogP contribution in [-0.2, 0) is 9.59 Å². The van der Waals surface area contributed by atoms with Crippen molar-refractivity contribution >= 4 is 102 Å². The Morgan fingerprint density at radius 2 is 0.644 bits per heavy atom. The van der Waals surface area contributed by atoms with Gasteiger partial charge >= 0.3 is 0 Å². The molecule has 0 aromatic heterocycles. The van der Waals surface area contributed by atoms with Crippen LogP contribution < -0.4 is 10.2 Å². The highest BCUT2D eigenvalue weighted by Crippen LogP contribution is 2.41. The summed E-state index contributed by atoms with van der Waals surface area (Å²) in [6, 6.07) is 6.88. The minimum Gasteiger partial charge on any atom is -0.548 e.